The first-order chi connectivity index (χ1) is 12.5. The molecule has 0 unspecified atom stereocenters. The van der Waals surface area contributed by atoms with Crippen LogP contribution >= 0.6 is 0 Å². The van der Waals surface area contributed by atoms with Crippen LogP contribution in [0.15, 0.2) is 59.5 Å². The van der Waals surface area contributed by atoms with Crippen molar-refractivity contribution < 1.29 is 8.42 Å². The molecule has 5 nitrogen and oxygen atoms in total. The first-order valence-corrected chi connectivity index (χ1v) is 10.1. The standard InChI is InChI=1S/C20H21N3O2S/c1-15-20(16(2)23(21-15)19-10-4-3-5-11-19)26(24,25)22-13-12-17-8-6-7-9-18(17)14-22/h3-11H,12-14H2,1-2H3. The highest BCUT2D eigenvalue weighted by molar-refractivity contribution is 7.89. The quantitative estimate of drug-likeness (QED) is 0.714. The topological polar surface area (TPSA) is 55.2 Å². The van der Waals surface area contributed by atoms with Crippen molar-refractivity contribution in [2.45, 2.75) is 31.7 Å². The van der Waals surface area contributed by atoms with Crippen LogP contribution in [0.3, 0.4) is 0 Å². The number of aromatic nitrogens is 2. The Bertz CT molecular complexity index is 1060. The summed E-state index contributed by atoms with van der Waals surface area (Å²) >= 11 is 0. The summed E-state index contributed by atoms with van der Waals surface area (Å²) in [5.74, 6) is 0. The zero-order chi connectivity index (χ0) is 18.3. The molecule has 2 aromatic carbocycles. The average Bonchev–Trinajstić information content (AvgIpc) is 2.97. The van der Waals surface area contributed by atoms with Gasteiger partial charge in [0.15, 0.2) is 0 Å². The molecule has 1 aromatic heterocycles. The summed E-state index contributed by atoms with van der Waals surface area (Å²) in [6.45, 7) is 4.48. The number of aryl methyl sites for hydroxylation is 1. The lowest BCUT2D eigenvalue weighted by molar-refractivity contribution is 0.391. The molecule has 0 N–H and O–H groups in total. The molecular formula is C20H21N3O2S. The fraction of sp³-hybridized carbons (Fsp3) is 0.250. The Kier molecular flexibility index (Phi) is 4.17. The van der Waals surface area contributed by atoms with Gasteiger partial charge in [-0.05, 0) is 43.5 Å². The molecule has 0 spiro atoms. The molecule has 26 heavy (non-hydrogen) atoms. The van der Waals surface area contributed by atoms with E-state index < -0.39 is 10.0 Å². The maximum Gasteiger partial charge on any atom is 0.247 e. The number of hydrogen-bond acceptors (Lipinski definition) is 3. The van der Waals surface area contributed by atoms with Gasteiger partial charge in [-0.2, -0.15) is 9.40 Å². The van der Waals surface area contributed by atoms with Crippen LogP contribution in [0.25, 0.3) is 5.69 Å². The van der Waals surface area contributed by atoms with Crippen molar-refractivity contribution in [2.24, 2.45) is 0 Å². The average molecular weight is 367 g/mol. The molecule has 0 saturated heterocycles. The molecule has 0 aliphatic carbocycles. The Morgan fingerprint density at radius 2 is 1.58 bits per heavy atom. The summed E-state index contributed by atoms with van der Waals surface area (Å²) < 4.78 is 30.0. The van der Waals surface area contributed by atoms with Crippen molar-refractivity contribution in [1.82, 2.24) is 14.1 Å². The van der Waals surface area contributed by atoms with Crippen LogP contribution in [0.4, 0.5) is 0 Å². The maximum atomic E-state index is 13.4. The van der Waals surface area contributed by atoms with Crippen molar-refractivity contribution in [1.29, 1.82) is 0 Å². The number of nitrogens with zero attached hydrogens (tertiary/aromatic N) is 3. The van der Waals surface area contributed by atoms with Crippen LogP contribution in [0.2, 0.25) is 0 Å². The number of para-hydroxylation sites is 1. The molecule has 1 aliphatic rings. The Morgan fingerprint density at radius 1 is 0.923 bits per heavy atom. The van der Waals surface area contributed by atoms with Crippen LogP contribution in [0.1, 0.15) is 22.5 Å². The van der Waals surface area contributed by atoms with Crippen LogP contribution < -0.4 is 0 Å². The largest absolute Gasteiger partial charge is 0.247 e. The van der Waals surface area contributed by atoms with Crippen LogP contribution in [-0.2, 0) is 23.0 Å². The van der Waals surface area contributed by atoms with Crippen molar-refractivity contribution in [3.05, 3.63) is 77.1 Å². The number of fused-ring (bicyclic) bond motifs is 1. The highest BCUT2D eigenvalue weighted by atomic mass is 32.2. The Balaban J connectivity index is 1.75. The molecule has 0 fully saturated rings. The van der Waals surface area contributed by atoms with Crippen molar-refractivity contribution >= 4 is 10.0 Å². The van der Waals surface area contributed by atoms with E-state index in [1.807, 2.05) is 55.5 Å². The van der Waals surface area contributed by atoms with Gasteiger partial charge in [-0.3, -0.25) is 0 Å². The second-order valence-electron chi connectivity index (χ2n) is 6.60. The molecule has 0 atom stereocenters. The van der Waals surface area contributed by atoms with E-state index in [1.54, 1.807) is 15.9 Å². The summed E-state index contributed by atoms with van der Waals surface area (Å²) in [5, 5.41) is 4.50. The monoisotopic (exact) mass is 367 g/mol. The van der Waals surface area contributed by atoms with Crippen LogP contribution in [-0.4, -0.2) is 29.0 Å². The fourth-order valence-corrected chi connectivity index (χ4v) is 5.40. The third-order valence-electron chi connectivity index (χ3n) is 4.92. The van der Waals surface area contributed by atoms with E-state index in [1.165, 1.54) is 5.56 Å². The van der Waals surface area contributed by atoms with Crippen molar-refractivity contribution in [2.75, 3.05) is 6.54 Å². The minimum atomic E-state index is -3.60. The highest BCUT2D eigenvalue weighted by Crippen LogP contribution is 2.29. The first-order valence-electron chi connectivity index (χ1n) is 8.67. The van der Waals surface area contributed by atoms with Crippen molar-refractivity contribution in [3.63, 3.8) is 0 Å². The lowest BCUT2D eigenvalue weighted by atomic mass is 10.0. The van der Waals surface area contributed by atoms with Gasteiger partial charge in [-0.1, -0.05) is 42.5 Å². The molecule has 3 aromatic rings. The SMILES string of the molecule is Cc1nn(-c2ccccc2)c(C)c1S(=O)(=O)N1CCc2ccccc2C1. The normalized spacial score (nSPS) is 15.0. The minimum absolute atomic E-state index is 0.320. The van der Waals surface area contributed by atoms with E-state index >= 15 is 0 Å². The fourth-order valence-electron chi connectivity index (χ4n) is 3.63. The van der Waals surface area contributed by atoms with Gasteiger partial charge in [0, 0.05) is 13.1 Å². The summed E-state index contributed by atoms with van der Waals surface area (Å²) in [6.07, 6.45) is 0.736. The van der Waals surface area contributed by atoms with E-state index in [9.17, 15) is 8.42 Å². The van der Waals surface area contributed by atoms with E-state index in [4.69, 9.17) is 0 Å². The molecule has 0 bridgehead atoms. The summed E-state index contributed by atoms with van der Waals surface area (Å²) in [7, 11) is -3.60. The van der Waals surface area contributed by atoms with Crippen LogP contribution in [0.5, 0.6) is 0 Å². The predicted molar refractivity (Wildman–Crippen MR) is 101 cm³/mol. The van der Waals surface area contributed by atoms with E-state index in [0.717, 1.165) is 17.7 Å². The summed E-state index contributed by atoms with van der Waals surface area (Å²) in [5.41, 5.74) is 4.34. The van der Waals surface area contributed by atoms with E-state index in [-0.39, 0.29) is 0 Å². The zero-order valence-corrected chi connectivity index (χ0v) is 15.7. The molecule has 2 heterocycles. The van der Waals surface area contributed by atoms with Gasteiger partial charge in [0.25, 0.3) is 0 Å². The van der Waals surface area contributed by atoms with Gasteiger partial charge < -0.3 is 0 Å². The molecule has 0 amide bonds. The number of sulfonamides is 1. The van der Waals surface area contributed by atoms with Gasteiger partial charge in [-0.25, -0.2) is 13.1 Å². The Hall–Kier alpha value is -2.44. The van der Waals surface area contributed by atoms with Gasteiger partial charge >= 0.3 is 0 Å². The molecule has 0 radical (unpaired) electrons. The summed E-state index contributed by atoms with van der Waals surface area (Å²) in [4.78, 5) is 0.320. The summed E-state index contributed by atoms with van der Waals surface area (Å²) in [6, 6.07) is 17.6. The number of rotatable bonds is 3. The van der Waals surface area contributed by atoms with Gasteiger partial charge in [-0.15, -0.1) is 0 Å². The van der Waals surface area contributed by atoms with E-state index in [0.29, 0.717) is 29.4 Å². The highest BCUT2D eigenvalue weighted by Gasteiger charge is 2.33. The van der Waals surface area contributed by atoms with Gasteiger partial charge in [0.05, 0.1) is 17.1 Å². The molecular weight excluding hydrogens is 346 g/mol. The molecule has 4 rings (SSSR count). The lowest BCUT2D eigenvalue weighted by Gasteiger charge is -2.28. The number of benzene rings is 2. The predicted octanol–water partition coefficient (Wildman–Crippen LogP) is 3.24. The molecule has 134 valence electrons. The maximum absolute atomic E-state index is 13.4. The molecule has 0 saturated carbocycles. The van der Waals surface area contributed by atoms with E-state index in [2.05, 4.69) is 11.2 Å². The second kappa shape index (κ2) is 6.37. The Labute approximate surface area is 153 Å². The van der Waals surface area contributed by atoms with Gasteiger partial charge in [0.2, 0.25) is 10.0 Å². The molecule has 6 heteroatoms. The lowest BCUT2D eigenvalue weighted by Crippen LogP contribution is -2.36. The molecule has 1 aliphatic heterocycles. The van der Waals surface area contributed by atoms with Gasteiger partial charge in [0.1, 0.15) is 4.90 Å². The second-order valence-corrected chi connectivity index (χ2v) is 8.48. The zero-order valence-electron chi connectivity index (χ0n) is 14.9. The minimum Gasteiger partial charge on any atom is -0.236 e. The number of hydrogen-bond donors (Lipinski definition) is 0. The smallest absolute Gasteiger partial charge is 0.236 e. The third kappa shape index (κ3) is 2.75. The van der Waals surface area contributed by atoms with Crippen molar-refractivity contribution in [3.8, 4) is 5.69 Å². The first kappa shape index (κ1) is 17.0. The third-order valence-corrected chi connectivity index (χ3v) is 7.02. The van der Waals surface area contributed by atoms with Crippen LogP contribution in [0, 0.1) is 13.8 Å². The Morgan fingerprint density at radius 3 is 2.31 bits per heavy atom.